The Hall–Kier alpha value is -1.91. The van der Waals surface area contributed by atoms with E-state index in [4.69, 9.17) is 0 Å². The van der Waals surface area contributed by atoms with Crippen LogP contribution in [0.3, 0.4) is 0 Å². The lowest BCUT2D eigenvalue weighted by Gasteiger charge is -2.12. The van der Waals surface area contributed by atoms with Crippen LogP contribution in [-0.2, 0) is 4.79 Å². The maximum atomic E-state index is 12.7. The fourth-order valence-electron chi connectivity index (χ4n) is 1.64. The van der Waals surface area contributed by atoms with E-state index < -0.39 is 17.9 Å². The third-order valence-electron chi connectivity index (χ3n) is 2.51. The molecule has 5 heteroatoms. The number of carbonyl (C=O) groups is 2. The molecule has 1 unspecified atom stereocenters. The summed E-state index contributed by atoms with van der Waals surface area (Å²) in [7, 11) is 0. The summed E-state index contributed by atoms with van der Waals surface area (Å²) in [6, 6.07) is 4.32. The summed E-state index contributed by atoms with van der Waals surface area (Å²) in [4.78, 5) is 24.4. The minimum absolute atomic E-state index is 0.292. The van der Waals surface area contributed by atoms with Gasteiger partial charge >= 0.3 is 6.03 Å². The quantitative estimate of drug-likeness (QED) is 0.773. The van der Waals surface area contributed by atoms with E-state index in [2.05, 4.69) is 5.32 Å². The number of urea groups is 1. The number of imide groups is 1. The molecule has 1 fully saturated rings. The minimum atomic E-state index is -0.474. The summed E-state index contributed by atoms with van der Waals surface area (Å²) in [5.74, 6) is -0.693. The lowest BCUT2D eigenvalue weighted by Crippen LogP contribution is -2.31. The highest BCUT2D eigenvalue weighted by Gasteiger charge is 2.37. The van der Waals surface area contributed by atoms with Gasteiger partial charge in [0.15, 0.2) is 0 Å². The molecule has 2 rings (SSSR count). The van der Waals surface area contributed by atoms with Gasteiger partial charge in [-0.3, -0.25) is 4.79 Å². The second-order valence-electron chi connectivity index (χ2n) is 3.56. The van der Waals surface area contributed by atoms with E-state index >= 15 is 0 Å². The Labute approximate surface area is 92.0 Å². The lowest BCUT2D eigenvalue weighted by atomic mass is 10.2. The van der Waals surface area contributed by atoms with Crippen LogP contribution in [0.5, 0.6) is 0 Å². The summed E-state index contributed by atoms with van der Waals surface area (Å²) in [5, 5.41) is 2.56. The van der Waals surface area contributed by atoms with Crippen molar-refractivity contribution in [2.45, 2.75) is 19.4 Å². The van der Waals surface area contributed by atoms with Gasteiger partial charge in [0.25, 0.3) is 5.91 Å². The van der Waals surface area contributed by atoms with Crippen molar-refractivity contribution < 1.29 is 14.0 Å². The fourth-order valence-corrected chi connectivity index (χ4v) is 1.64. The van der Waals surface area contributed by atoms with E-state index in [1.165, 1.54) is 24.3 Å². The van der Waals surface area contributed by atoms with Crippen LogP contribution < -0.4 is 10.2 Å². The van der Waals surface area contributed by atoms with Crippen LogP contribution >= 0.6 is 0 Å². The van der Waals surface area contributed by atoms with Gasteiger partial charge in [0.1, 0.15) is 11.9 Å². The number of benzene rings is 1. The van der Waals surface area contributed by atoms with E-state index in [0.717, 1.165) is 4.90 Å². The highest BCUT2D eigenvalue weighted by atomic mass is 19.1. The average molecular weight is 222 g/mol. The van der Waals surface area contributed by atoms with Crippen molar-refractivity contribution >= 4 is 17.6 Å². The van der Waals surface area contributed by atoms with E-state index in [1.807, 2.05) is 6.92 Å². The molecular formula is C11H11FN2O2. The van der Waals surface area contributed by atoms with Gasteiger partial charge in [0.2, 0.25) is 0 Å². The molecule has 16 heavy (non-hydrogen) atoms. The molecule has 0 bridgehead atoms. The van der Waals surface area contributed by atoms with E-state index in [9.17, 15) is 14.0 Å². The standard InChI is InChI=1S/C11H11FN2O2/c1-2-9-10(15)14(11(16)13-9)8-5-3-7(12)4-6-8/h3-6,9H,2H2,1H3,(H,13,16). The number of amides is 3. The average Bonchev–Trinajstić information content (AvgIpc) is 2.56. The molecule has 1 saturated heterocycles. The van der Waals surface area contributed by atoms with Crippen LogP contribution in [0, 0.1) is 5.82 Å². The zero-order valence-corrected chi connectivity index (χ0v) is 8.74. The number of nitrogens with one attached hydrogen (secondary N) is 1. The van der Waals surface area contributed by atoms with E-state index in [0.29, 0.717) is 12.1 Å². The van der Waals surface area contributed by atoms with E-state index in [-0.39, 0.29) is 5.91 Å². The van der Waals surface area contributed by atoms with Crippen LogP contribution in [0.1, 0.15) is 13.3 Å². The second-order valence-corrected chi connectivity index (χ2v) is 3.56. The summed E-state index contributed by atoms with van der Waals surface area (Å²) < 4.78 is 12.7. The van der Waals surface area contributed by atoms with Crippen molar-refractivity contribution in [3.05, 3.63) is 30.1 Å². The number of halogens is 1. The second kappa shape index (κ2) is 3.92. The Morgan fingerprint density at radius 3 is 2.44 bits per heavy atom. The molecule has 3 amide bonds. The van der Waals surface area contributed by atoms with Crippen LogP contribution in [0.2, 0.25) is 0 Å². The maximum absolute atomic E-state index is 12.7. The first-order chi connectivity index (χ1) is 7.63. The molecule has 0 radical (unpaired) electrons. The van der Waals surface area contributed by atoms with Gasteiger partial charge < -0.3 is 5.32 Å². The first-order valence-electron chi connectivity index (χ1n) is 5.03. The Morgan fingerprint density at radius 1 is 1.31 bits per heavy atom. The Morgan fingerprint density at radius 2 is 1.94 bits per heavy atom. The molecule has 1 aromatic rings. The number of rotatable bonds is 2. The van der Waals surface area contributed by atoms with Gasteiger partial charge in [-0.25, -0.2) is 14.1 Å². The molecule has 1 aromatic carbocycles. The predicted octanol–water partition coefficient (Wildman–Crippen LogP) is 1.66. The summed E-state index contributed by atoms with van der Waals surface area (Å²) in [5.41, 5.74) is 0.389. The van der Waals surface area contributed by atoms with E-state index in [1.54, 1.807) is 0 Å². The van der Waals surface area contributed by atoms with Crippen molar-refractivity contribution in [3.63, 3.8) is 0 Å². The molecule has 0 saturated carbocycles. The van der Waals surface area contributed by atoms with Crippen molar-refractivity contribution in [1.29, 1.82) is 0 Å². The van der Waals surface area contributed by atoms with Gasteiger partial charge in [-0.2, -0.15) is 0 Å². The predicted molar refractivity (Wildman–Crippen MR) is 56.5 cm³/mol. The smallest absolute Gasteiger partial charge is 0.325 e. The Kier molecular flexibility index (Phi) is 2.60. The number of nitrogens with zero attached hydrogens (tertiary/aromatic N) is 1. The van der Waals surface area contributed by atoms with Gasteiger partial charge in [0, 0.05) is 0 Å². The zero-order chi connectivity index (χ0) is 11.7. The minimum Gasteiger partial charge on any atom is -0.325 e. The van der Waals surface area contributed by atoms with Crippen molar-refractivity contribution in [1.82, 2.24) is 5.32 Å². The molecule has 4 nitrogen and oxygen atoms in total. The number of anilines is 1. The number of hydrogen-bond donors (Lipinski definition) is 1. The lowest BCUT2D eigenvalue weighted by molar-refractivity contribution is -0.118. The topological polar surface area (TPSA) is 49.4 Å². The normalized spacial score (nSPS) is 20.1. The van der Waals surface area contributed by atoms with Crippen LogP contribution in [0.15, 0.2) is 24.3 Å². The SMILES string of the molecule is CCC1NC(=O)N(c2ccc(F)cc2)C1=O. The monoisotopic (exact) mass is 222 g/mol. The van der Waals surface area contributed by atoms with Crippen LogP contribution in [0.4, 0.5) is 14.9 Å². The largest absolute Gasteiger partial charge is 0.329 e. The molecule has 1 aliphatic rings. The van der Waals surface area contributed by atoms with Gasteiger partial charge in [-0.1, -0.05) is 6.92 Å². The number of carbonyl (C=O) groups excluding carboxylic acids is 2. The highest BCUT2D eigenvalue weighted by Crippen LogP contribution is 2.20. The molecular weight excluding hydrogens is 211 g/mol. The number of hydrogen-bond acceptors (Lipinski definition) is 2. The zero-order valence-electron chi connectivity index (χ0n) is 8.74. The molecule has 0 spiro atoms. The third-order valence-corrected chi connectivity index (χ3v) is 2.51. The summed E-state index contributed by atoms with van der Waals surface area (Å²) >= 11 is 0. The first kappa shape index (κ1) is 10.6. The summed E-state index contributed by atoms with van der Waals surface area (Å²) in [6.07, 6.45) is 0.544. The molecule has 0 aliphatic carbocycles. The first-order valence-corrected chi connectivity index (χ1v) is 5.03. The van der Waals surface area contributed by atoms with Crippen molar-refractivity contribution in [2.75, 3.05) is 4.90 Å². The fraction of sp³-hybridized carbons (Fsp3) is 0.273. The van der Waals surface area contributed by atoms with Crippen molar-refractivity contribution in [3.8, 4) is 0 Å². The molecule has 1 N–H and O–H groups in total. The molecule has 0 aromatic heterocycles. The van der Waals surface area contributed by atoms with Gasteiger partial charge in [-0.15, -0.1) is 0 Å². The van der Waals surface area contributed by atoms with Crippen LogP contribution in [0.25, 0.3) is 0 Å². The molecule has 1 aliphatic heterocycles. The van der Waals surface area contributed by atoms with Gasteiger partial charge in [-0.05, 0) is 30.7 Å². The van der Waals surface area contributed by atoms with Crippen LogP contribution in [-0.4, -0.2) is 18.0 Å². The maximum Gasteiger partial charge on any atom is 0.329 e. The molecule has 1 heterocycles. The Bertz CT molecular complexity index is 430. The third kappa shape index (κ3) is 1.64. The van der Waals surface area contributed by atoms with Crippen molar-refractivity contribution in [2.24, 2.45) is 0 Å². The molecule has 1 atom stereocenters. The Balaban J connectivity index is 2.31. The molecule has 84 valence electrons. The van der Waals surface area contributed by atoms with Gasteiger partial charge in [0.05, 0.1) is 5.69 Å². The summed E-state index contributed by atoms with van der Waals surface area (Å²) in [6.45, 7) is 1.82. The highest BCUT2D eigenvalue weighted by molar-refractivity contribution is 6.21.